The molecule has 4 heteroatoms. The second-order valence-electron chi connectivity index (χ2n) is 4.08. The molecular weight excluding hydrogens is 242 g/mol. The van der Waals surface area contributed by atoms with Crippen LogP contribution in [0.25, 0.3) is 0 Å². The van der Waals surface area contributed by atoms with Gasteiger partial charge in [0.25, 0.3) is 0 Å². The zero-order chi connectivity index (χ0) is 13.5. The smallest absolute Gasteiger partial charge is 0.161 e. The Morgan fingerprint density at radius 1 is 1.05 bits per heavy atom. The maximum Gasteiger partial charge on any atom is 0.161 e. The molecule has 0 atom stereocenters. The Hall–Kier alpha value is -1.94. The van der Waals surface area contributed by atoms with Gasteiger partial charge in [0.15, 0.2) is 11.5 Å². The van der Waals surface area contributed by atoms with E-state index in [9.17, 15) is 0 Å². The van der Waals surface area contributed by atoms with Crippen LogP contribution in [0.3, 0.4) is 0 Å². The van der Waals surface area contributed by atoms with Crippen molar-refractivity contribution in [2.75, 3.05) is 13.2 Å². The quantitative estimate of drug-likeness (QED) is 0.832. The number of para-hydroxylation sites is 2. The lowest BCUT2D eigenvalue weighted by Gasteiger charge is -2.12. The average Bonchev–Trinajstić information content (AvgIpc) is 2.88. The molecule has 0 saturated heterocycles. The first-order chi connectivity index (χ1) is 9.35. The first kappa shape index (κ1) is 13.5. The van der Waals surface area contributed by atoms with Gasteiger partial charge in [0.2, 0.25) is 0 Å². The summed E-state index contributed by atoms with van der Waals surface area (Å²) in [7, 11) is 0. The van der Waals surface area contributed by atoms with E-state index < -0.39 is 0 Å². The van der Waals surface area contributed by atoms with Crippen LogP contribution in [0.1, 0.15) is 12.6 Å². The molecule has 0 aliphatic carbocycles. The summed E-state index contributed by atoms with van der Waals surface area (Å²) in [5.74, 6) is 1.52. The SMILES string of the molecule is CCOc1ccccc1OCCn1cccc1CO. The predicted octanol–water partition coefficient (Wildman–Crippen LogP) is 2.46. The second kappa shape index (κ2) is 6.85. The van der Waals surface area contributed by atoms with Crippen LogP contribution in [-0.4, -0.2) is 22.9 Å². The number of aliphatic hydroxyl groups excluding tert-OH is 1. The van der Waals surface area contributed by atoms with E-state index in [-0.39, 0.29) is 6.61 Å². The minimum atomic E-state index is 0.0442. The van der Waals surface area contributed by atoms with E-state index >= 15 is 0 Å². The normalized spacial score (nSPS) is 10.4. The summed E-state index contributed by atoms with van der Waals surface area (Å²) in [6.45, 7) is 3.84. The van der Waals surface area contributed by atoms with E-state index in [4.69, 9.17) is 14.6 Å². The molecule has 1 N–H and O–H groups in total. The lowest BCUT2D eigenvalue weighted by atomic mass is 10.3. The molecule has 1 heterocycles. The summed E-state index contributed by atoms with van der Waals surface area (Å²) in [5.41, 5.74) is 0.890. The number of aliphatic hydroxyl groups is 1. The van der Waals surface area contributed by atoms with Gasteiger partial charge in [-0.2, -0.15) is 0 Å². The molecule has 0 amide bonds. The van der Waals surface area contributed by atoms with Gasteiger partial charge in [-0.15, -0.1) is 0 Å². The van der Waals surface area contributed by atoms with Crippen molar-refractivity contribution in [2.24, 2.45) is 0 Å². The van der Waals surface area contributed by atoms with Crippen molar-refractivity contribution in [3.63, 3.8) is 0 Å². The van der Waals surface area contributed by atoms with E-state index in [0.717, 1.165) is 17.2 Å². The molecule has 0 bridgehead atoms. The second-order valence-corrected chi connectivity index (χ2v) is 4.08. The molecule has 1 aromatic heterocycles. The highest BCUT2D eigenvalue weighted by Gasteiger charge is 2.04. The standard InChI is InChI=1S/C15H19NO3/c1-2-18-14-7-3-4-8-15(14)19-11-10-16-9-5-6-13(16)12-17/h3-9,17H,2,10-12H2,1H3. The monoisotopic (exact) mass is 261 g/mol. The van der Waals surface area contributed by atoms with E-state index in [2.05, 4.69) is 0 Å². The topological polar surface area (TPSA) is 43.6 Å². The van der Waals surface area contributed by atoms with E-state index in [1.807, 2.05) is 54.1 Å². The molecule has 0 unspecified atom stereocenters. The third-order valence-corrected chi connectivity index (χ3v) is 2.82. The summed E-state index contributed by atoms with van der Waals surface area (Å²) in [5, 5.41) is 9.16. The van der Waals surface area contributed by atoms with Crippen LogP contribution in [0, 0.1) is 0 Å². The number of nitrogens with zero attached hydrogens (tertiary/aromatic N) is 1. The minimum absolute atomic E-state index is 0.0442. The molecule has 4 nitrogen and oxygen atoms in total. The summed E-state index contributed by atoms with van der Waals surface area (Å²) >= 11 is 0. The molecule has 19 heavy (non-hydrogen) atoms. The maximum absolute atomic E-state index is 9.16. The molecular formula is C15H19NO3. The van der Waals surface area contributed by atoms with E-state index in [1.54, 1.807) is 0 Å². The number of hydrogen-bond donors (Lipinski definition) is 1. The summed E-state index contributed by atoms with van der Waals surface area (Å²) in [4.78, 5) is 0. The van der Waals surface area contributed by atoms with Crippen LogP contribution in [0.5, 0.6) is 11.5 Å². The minimum Gasteiger partial charge on any atom is -0.490 e. The van der Waals surface area contributed by atoms with Crippen molar-refractivity contribution in [3.05, 3.63) is 48.3 Å². The first-order valence-corrected chi connectivity index (χ1v) is 6.44. The fourth-order valence-corrected chi connectivity index (χ4v) is 1.91. The molecule has 0 aliphatic heterocycles. The number of rotatable bonds is 7. The Morgan fingerprint density at radius 2 is 1.79 bits per heavy atom. The van der Waals surface area contributed by atoms with Crippen molar-refractivity contribution in [1.82, 2.24) is 4.57 Å². The van der Waals surface area contributed by atoms with Gasteiger partial charge in [-0.1, -0.05) is 12.1 Å². The van der Waals surface area contributed by atoms with E-state index in [1.165, 1.54) is 0 Å². The average molecular weight is 261 g/mol. The highest BCUT2D eigenvalue weighted by atomic mass is 16.5. The molecule has 0 saturated carbocycles. The lowest BCUT2D eigenvalue weighted by molar-refractivity contribution is 0.250. The summed E-state index contributed by atoms with van der Waals surface area (Å²) < 4.78 is 13.2. The number of benzene rings is 1. The van der Waals surface area contributed by atoms with Crippen molar-refractivity contribution in [1.29, 1.82) is 0 Å². The molecule has 0 aliphatic rings. The fraction of sp³-hybridized carbons (Fsp3) is 0.333. The molecule has 102 valence electrons. The predicted molar refractivity (Wildman–Crippen MR) is 73.5 cm³/mol. The molecule has 0 fully saturated rings. The highest BCUT2D eigenvalue weighted by molar-refractivity contribution is 5.39. The Balaban J connectivity index is 1.92. The van der Waals surface area contributed by atoms with Crippen LogP contribution in [0.15, 0.2) is 42.6 Å². The number of hydrogen-bond acceptors (Lipinski definition) is 3. The lowest BCUT2D eigenvalue weighted by Crippen LogP contribution is -2.10. The fourth-order valence-electron chi connectivity index (χ4n) is 1.91. The van der Waals surface area contributed by atoms with E-state index in [0.29, 0.717) is 19.8 Å². The van der Waals surface area contributed by atoms with Gasteiger partial charge in [-0.05, 0) is 31.2 Å². The van der Waals surface area contributed by atoms with Gasteiger partial charge in [-0.3, -0.25) is 0 Å². The van der Waals surface area contributed by atoms with Gasteiger partial charge in [0, 0.05) is 11.9 Å². The number of ether oxygens (including phenoxy) is 2. The summed E-state index contributed by atoms with van der Waals surface area (Å²) in [6.07, 6.45) is 1.93. The highest BCUT2D eigenvalue weighted by Crippen LogP contribution is 2.26. The Labute approximate surface area is 113 Å². The number of aromatic nitrogens is 1. The molecule has 2 aromatic rings. The van der Waals surface area contributed by atoms with Crippen molar-refractivity contribution in [3.8, 4) is 11.5 Å². The third kappa shape index (κ3) is 3.51. The zero-order valence-electron chi connectivity index (χ0n) is 11.1. The van der Waals surface area contributed by atoms with Crippen LogP contribution < -0.4 is 9.47 Å². The Morgan fingerprint density at radius 3 is 2.47 bits per heavy atom. The first-order valence-electron chi connectivity index (χ1n) is 6.44. The molecule has 2 rings (SSSR count). The largest absolute Gasteiger partial charge is 0.490 e. The Kier molecular flexibility index (Phi) is 4.86. The third-order valence-electron chi connectivity index (χ3n) is 2.82. The van der Waals surface area contributed by atoms with Crippen LogP contribution in [0.2, 0.25) is 0 Å². The van der Waals surface area contributed by atoms with Gasteiger partial charge in [-0.25, -0.2) is 0 Å². The van der Waals surface area contributed by atoms with Crippen LogP contribution in [-0.2, 0) is 13.2 Å². The summed E-state index contributed by atoms with van der Waals surface area (Å²) in [6, 6.07) is 11.5. The van der Waals surface area contributed by atoms with Gasteiger partial charge in [0.05, 0.1) is 19.8 Å². The van der Waals surface area contributed by atoms with Crippen molar-refractivity contribution in [2.45, 2.75) is 20.1 Å². The molecule has 0 radical (unpaired) electrons. The maximum atomic E-state index is 9.16. The van der Waals surface area contributed by atoms with Crippen molar-refractivity contribution < 1.29 is 14.6 Å². The molecule has 0 spiro atoms. The van der Waals surface area contributed by atoms with Gasteiger partial charge in [0.1, 0.15) is 6.61 Å². The van der Waals surface area contributed by atoms with Crippen LogP contribution >= 0.6 is 0 Å². The zero-order valence-corrected chi connectivity index (χ0v) is 11.1. The van der Waals surface area contributed by atoms with Crippen LogP contribution in [0.4, 0.5) is 0 Å². The Bertz CT molecular complexity index is 508. The van der Waals surface area contributed by atoms with Crippen molar-refractivity contribution >= 4 is 0 Å². The molecule has 1 aromatic carbocycles. The van der Waals surface area contributed by atoms with Gasteiger partial charge < -0.3 is 19.1 Å². The van der Waals surface area contributed by atoms with Gasteiger partial charge >= 0.3 is 0 Å².